The molecule has 8 atom stereocenters. The van der Waals surface area contributed by atoms with E-state index in [9.17, 15) is 19.2 Å². The molecule has 0 aliphatic carbocycles. The van der Waals surface area contributed by atoms with Gasteiger partial charge in [-0.2, -0.15) is 0 Å². The number of hydrogen-bond donors (Lipinski definition) is 3. The predicted octanol–water partition coefficient (Wildman–Crippen LogP) is 2.26. The Balaban J connectivity index is 2.20. The van der Waals surface area contributed by atoms with Gasteiger partial charge in [-0.25, -0.2) is 4.99 Å². The van der Waals surface area contributed by atoms with Crippen molar-refractivity contribution in [3.05, 3.63) is 35.9 Å². The van der Waals surface area contributed by atoms with Crippen LogP contribution in [0.25, 0.3) is 0 Å². The first-order valence-corrected chi connectivity index (χ1v) is 22.6. The van der Waals surface area contributed by atoms with Gasteiger partial charge in [0.2, 0.25) is 23.6 Å². The Labute approximate surface area is 378 Å². The molecule has 0 aromatic heterocycles. The van der Waals surface area contributed by atoms with E-state index in [2.05, 4.69) is 24.5 Å². The van der Waals surface area contributed by atoms with Gasteiger partial charge in [0.05, 0.1) is 76.3 Å². The number of guanidine groups is 1. The van der Waals surface area contributed by atoms with Crippen LogP contribution in [0.4, 0.5) is 0 Å². The van der Waals surface area contributed by atoms with Crippen LogP contribution in [-0.2, 0) is 49.3 Å². The third-order valence-electron chi connectivity index (χ3n) is 11.7. The summed E-state index contributed by atoms with van der Waals surface area (Å²) in [6.45, 7) is 13.5. The molecule has 1 heterocycles. The lowest BCUT2D eigenvalue weighted by molar-refractivity contribution is -0.146. The summed E-state index contributed by atoms with van der Waals surface area (Å²) in [6, 6.07) is 7.19. The maximum Gasteiger partial charge on any atom is 0.247 e. The molecule has 17 nitrogen and oxygen atoms in total. The molecule has 1 aliphatic rings. The lowest BCUT2D eigenvalue weighted by Gasteiger charge is -2.40. The number of carbonyl (C=O) groups excluding carboxylic acids is 4. The van der Waals surface area contributed by atoms with E-state index in [0.717, 1.165) is 18.4 Å². The fourth-order valence-electron chi connectivity index (χ4n) is 8.12. The van der Waals surface area contributed by atoms with Gasteiger partial charge in [0.25, 0.3) is 0 Å². The van der Waals surface area contributed by atoms with Crippen molar-refractivity contribution in [3.8, 4) is 0 Å². The van der Waals surface area contributed by atoms with Crippen LogP contribution in [0.2, 0.25) is 0 Å². The minimum Gasteiger partial charge on any atom is -0.379 e. The van der Waals surface area contributed by atoms with Crippen LogP contribution in [0.3, 0.4) is 0 Å². The molecule has 1 aliphatic heterocycles. The third kappa shape index (κ3) is 17.9. The number of ether oxygens (including phenoxy) is 5. The molecular formula is C46H82N8O9. The summed E-state index contributed by atoms with van der Waals surface area (Å²) in [4.78, 5) is 68.5. The summed E-state index contributed by atoms with van der Waals surface area (Å²) >= 11 is 0. The Bertz CT molecular complexity index is 1510. The highest BCUT2D eigenvalue weighted by Gasteiger charge is 2.43. The molecular weight excluding hydrogens is 809 g/mol. The second kappa shape index (κ2) is 29.5. The highest BCUT2D eigenvalue weighted by molar-refractivity contribution is 5.89. The Hall–Kier alpha value is -3.87. The molecule has 0 spiro atoms. The molecule has 0 saturated carbocycles. The van der Waals surface area contributed by atoms with Gasteiger partial charge in [-0.3, -0.25) is 19.2 Å². The maximum atomic E-state index is 14.4. The van der Waals surface area contributed by atoms with Crippen LogP contribution in [-0.4, -0.2) is 194 Å². The molecule has 2 rings (SSSR count). The quantitative estimate of drug-likeness (QED) is 0.0606. The summed E-state index contributed by atoms with van der Waals surface area (Å²) in [5.74, 6) is -1.08. The standard InChI is InChI=1S/C46H82N8O9/c1-13-33(4)41(53(10)45(58)40(32(2)3)50-46(51(6)7)52(8)9)38(59-11)31-39(55)54-23-17-20-37(54)42(60-12)34(5)43(56)49-36(30-35-18-15-14-16-19-35)44(57)48-22-25-62-27-29-63-28-26-61-24-21-47/h14-16,18-19,32-34,36-38,40-42H,13,17,20-31,47H2,1-12H3,(H,48,57)(H,49,56)/t33-,34+,36-,37-,38+,40-,41-,42+/m0/s1. The smallest absolute Gasteiger partial charge is 0.247 e. The average Bonchev–Trinajstić information content (AvgIpc) is 3.74. The van der Waals surface area contributed by atoms with E-state index in [0.29, 0.717) is 58.5 Å². The van der Waals surface area contributed by atoms with Crippen molar-refractivity contribution in [2.24, 2.45) is 28.5 Å². The second-order valence-corrected chi connectivity index (χ2v) is 17.2. The number of nitrogens with two attached hydrogens (primary N) is 1. The second-order valence-electron chi connectivity index (χ2n) is 17.2. The average molecular weight is 891 g/mol. The number of likely N-dealkylation sites (tertiary alicyclic amines) is 1. The van der Waals surface area contributed by atoms with Crippen molar-refractivity contribution in [1.82, 2.24) is 30.2 Å². The summed E-state index contributed by atoms with van der Waals surface area (Å²) in [7, 11) is 12.5. The van der Waals surface area contributed by atoms with Crippen molar-refractivity contribution < 1.29 is 42.9 Å². The van der Waals surface area contributed by atoms with Crippen LogP contribution in [0.15, 0.2) is 35.3 Å². The van der Waals surface area contributed by atoms with Gasteiger partial charge in [0.1, 0.15) is 12.1 Å². The zero-order valence-electron chi connectivity index (χ0n) is 40.5. The number of amides is 4. The number of rotatable bonds is 29. The normalized spacial score (nSPS) is 17.2. The van der Waals surface area contributed by atoms with Crippen molar-refractivity contribution in [2.45, 2.75) is 103 Å². The Morgan fingerprint density at radius 2 is 1.46 bits per heavy atom. The van der Waals surface area contributed by atoms with Gasteiger partial charge in [0, 0.05) is 75.5 Å². The first-order valence-electron chi connectivity index (χ1n) is 22.6. The number of likely N-dealkylation sites (N-methyl/N-ethyl adjacent to an activating group) is 1. The zero-order valence-corrected chi connectivity index (χ0v) is 40.5. The van der Waals surface area contributed by atoms with E-state index in [1.807, 2.05) is 82.2 Å². The van der Waals surface area contributed by atoms with Crippen molar-refractivity contribution in [1.29, 1.82) is 0 Å². The lowest BCUT2D eigenvalue weighted by Crippen LogP contribution is -2.55. The van der Waals surface area contributed by atoms with Crippen LogP contribution >= 0.6 is 0 Å². The number of methoxy groups -OCH3 is 2. The van der Waals surface area contributed by atoms with Crippen molar-refractivity contribution >= 4 is 29.6 Å². The van der Waals surface area contributed by atoms with Crippen molar-refractivity contribution in [2.75, 3.05) is 109 Å². The first kappa shape index (κ1) is 55.3. The molecule has 1 saturated heterocycles. The van der Waals surface area contributed by atoms with Gasteiger partial charge in [-0.1, -0.05) is 71.4 Å². The van der Waals surface area contributed by atoms with E-state index >= 15 is 0 Å². The molecule has 0 bridgehead atoms. The lowest BCUT2D eigenvalue weighted by atomic mass is 9.89. The summed E-state index contributed by atoms with van der Waals surface area (Å²) in [5.41, 5.74) is 6.30. The molecule has 63 heavy (non-hydrogen) atoms. The van der Waals surface area contributed by atoms with Gasteiger partial charge in [0.15, 0.2) is 5.96 Å². The largest absolute Gasteiger partial charge is 0.379 e. The molecule has 17 heteroatoms. The van der Waals surface area contributed by atoms with E-state index in [-0.39, 0.29) is 61.5 Å². The topological polar surface area (TPSA) is 190 Å². The number of benzene rings is 1. The molecule has 4 amide bonds. The van der Waals surface area contributed by atoms with E-state index in [4.69, 9.17) is 34.4 Å². The zero-order chi connectivity index (χ0) is 47.1. The minimum absolute atomic E-state index is 0.00580. The SMILES string of the molecule is CC[C@H](C)[C@@H]([C@@H](CC(=O)N1CCC[C@H]1[C@H](OC)[C@@H](C)C(=O)N[C@@H](Cc1ccccc1)C(=O)NCCOCCOCCOCCN)OC)N(C)C(=O)[C@@H](N=C(N(C)C)N(C)C)C(C)C. The van der Waals surface area contributed by atoms with Gasteiger partial charge in [-0.05, 0) is 30.2 Å². The van der Waals surface area contributed by atoms with E-state index in [1.54, 1.807) is 38.0 Å². The molecule has 1 aromatic rings. The van der Waals surface area contributed by atoms with Crippen molar-refractivity contribution in [3.63, 3.8) is 0 Å². The number of carbonyl (C=O) groups is 4. The Kier molecular flexibility index (Phi) is 25.9. The fraction of sp³-hybridized carbons (Fsp3) is 0.761. The first-order chi connectivity index (χ1) is 30.0. The highest BCUT2D eigenvalue weighted by atomic mass is 16.5. The Morgan fingerprint density at radius 3 is 2.00 bits per heavy atom. The van der Waals surface area contributed by atoms with Crippen LogP contribution in [0.1, 0.15) is 65.9 Å². The van der Waals surface area contributed by atoms with Crippen LogP contribution in [0, 0.1) is 17.8 Å². The predicted molar refractivity (Wildman–Crippen MR) is 246 cm³/mol. The Morgan fingerprint density at radius 1 is 0.857 bits per heavy atom. The highest BCUT2D eigenvalue weighted by Crippen LogP contribution is 2.30. The molecule has 0 radical (unpaired) electrons. The number of aliphatic imine (C=N–C) groups is 1. The number of nitrogens with one attached hydrogen (secondary N) is 2. The summed E-state index contributed by atoms with van der Waals surface area (Å²) in [5, 5.41) is 5.89. The number of hydrogen-bond acceptors (Lipinski definition) is 11. The monoisotopic (exact) mass is 891 g/mol. The molecule has 1 aromatic carbocycles. The minimum atomic E-state index is -0.865. The van der Waals surface area contributed by atoms with Crippen LogP contribution < -0.4 is 16.4 Å². The molecule has 1 fully saturated rings. The third-order valence-corrected chi connectivity index (χ3v) is 11.7. The van der Waals surface area contributed by atoms with E-state index in [1.165, 1.54) is 0 Å². The van der Waals surface area contributed by atoms with Gasteiger partial charge < -0.3 is 59.7 Å². The van der Waals surface area contributed by atoms with Gasteiger partial charge in [-0.15, -0.1) is 0 Å². The summed E-state index contributed by atoms with van der Waals surface area (Å²) < 4.78 is 28.5. The number of nitrogens with zero attached hydrogens (tertiary/aromatic N) is 5. The van der Waals surface area contributed by atoms with E-state index < -0.39 is 42.3 Å². The maximum absolute atomic E-state index is 14.4. The molecule has 4 N–H and O–H groups in total. The molecule has 360 valence electrons. The molecule has 0 unspecified atom stereocenters. The van der Waals surface area contributed by atoms with Crippen LogP contribution in [0.5, 0.6) is 0 Å². The van der Waals surface area contributed by atoms with Gasteiger partial charge >= 0.3 is 0 Å². The fourth-order valence-corrected chi connectivity index (χ4v) is 8.12. The summed E-state index contributed by atoms with van der Waals surface area (Å²) in [6.07, 6.45) is 1.20.